The molecule has 0 bridgehead atoms. The molecule has 0 spiro atoms. The van der Waals surface area contributed by atoms with Crippen molar-refractivity contribution in [3.63, 3.8) is 0 Å². The van der Waals surface area contributed by atoms with Gasteiger partial charge in [-0.05, 0) is 51.3 Å². The van der Waals surface area contributed by atoms with Crippen LogP contribution in [0.15, 0.2) is 24.3 Å². The van der Waals surface area contributed by atoms with Crippen molar-refractivity contribution in [1.29, 1.82) is 0 Å². The summed E-state index contributed by atoms with van der Waals surface area (Å²) in [5.74, 6) is -0.00880. The largest absolute Gasteiger partial charge is 0.373 e. The normalized spacial score (nSPS) is 24.3. The fourth-order valence-corrected chi connectivity index (χ4v) is 3.83. The molecule has 2 aliphatic rings. The number of rotatable bonds is 4. The minimum atomic E-state index is -0.0612. The van der Waals surface area contributed by atoms with E-state index in [9.17, 15) is 9.59 Å². The van der Waals surface area contributed by atoms with Crippen LogP contribution in [-0.4, -0.2) is 66.5 Å². The number of benzene rings is 1. The summed E-state index contributed by atoms with van der Waals surface area (Å²) >= 11 is 0. The van der Waals surface area contributed by atoms with Crippen molar-refractivity contribution in [2.75, 3.05) is 38.0 Å². The maximum atomic E-state index is 12.6. The minimum absolute atomic E-state index is 0.0524. The molecule has 3 rings (SSSR count). The number of amides is 2. The Morgan fingerprint density at radius 3 is 2.50 bits per heavy atom. The Morgan fingerprint density at radius 2 is 1.81 bits per heavy atom. The minimum Gasteiger partial charge on any atom is -0.373 e. The molecule has 2 atom stereocenters. The molecule has 0 aromatic heterocycles. The van der Waals surface area contributed by atoms with Crippen LogP contribution in [0.1, 0.15) is 43.5 Å². The molecule has 6 heteroatoms. The summed E-state index contributed by atoms with van der Waals surface area (Å²) in [6, 6.07) is 7.25. The van der Waals surface area contributed by atoms with Crippen LogP contribution in [0.2, 0.25) is 0 Å². The molecule has 0 saturated carbocycles. The standard InChI is InChI=1S/C20H29N3O3/c1-15-12-22(13-16(2)26-15)14-19(24)21-18-8-6-7-17(11-18)20(25)23-9-4-3-5-10-23/h6-8,11,15-16H,3-5,9-10,12-14H2,1-2H3,(H,21,24)/t15-,16-/m0/s1. The number of morpholine rings is 1. The molecule has 2 aliphatic heterocycles. The first-order valence-electron chi connectivity index (χ1n) is 9.58. The first kappa shape index (κ1) is 18.9. The lowest BCUT2D eigenvalue weighted by Gasteiger charge is -2.34. The molecule has 0 unspecified atom stereocenters. The lowest BCUT2D eigenvalue weighted by molar-refractivity contribution is -0.121. The Hall–Kier alpha value is -1.92. The van der Waals surface area contributed by atoms with Crippen LogP contribution in [0.5, 0.6) is 0 Å². The van der Waals surface area contributed by atoms with Crippen LogP contribution in [-0.2, 0) is 9.53 Å². The molecule has 2 fully saturated rings. The van der Waals surface area contributed by atoms with E-state index >= 15 is 0 Å². The van der Waals surface area contributed by atoms with Crippen LogP contribution < -0.4 is 5.32 Å². The van der Waals surface area contributed by atoms with Crippen molar-refractivity contribution in [3.05, 3.63) is 29.8 Å². The third-order valence-electron chi connectivity index (χ3n) is 4.90. The lowest BCUT2D eigenvalue weighted by atomic mass is 10.1. The lowest BCUT2D eigenvalue weighted by Crippen LogP contribution is -2.48. The smallest absolute Gasteiger partial charge is 0.253 e. The molecule has 0 aliphatic carbocycles. The molecule has 26 heavy (non-hydrogen) atoms. The van der Waals surface area contributed by atoms with E-state index in [1.54, 1.807) is 6.07 Å². The first-order chi connectivity index (χ1) is 12.5. The van der Waals surface area contributed by atoms with E-state index in [0.717, 1.165) is 39.0 Å². The van der Waals surface area contributed by atoms with E-state index in [1.807, 2.05) is 36.9 Å². The Bertz CT molecular complexity index is 633. The van der Waals surface area contributed by atoms with E-state index < -0.39 is 0 Å². The van der Waals surface area contributed by atoms with Crippen molar-refractivity contribution in [3.8, 4) is 0 Å². The van der Waals surface area contributed by atoms with E-state index in [4.69, 9.17) is 4.74 Å². The monoisotopic (exact) mass is 359 g/mol. The highest BCUT2D eigenvalue weighted by Gasteiger charge is 2.24. The van der Waals surface area contributed by atoms with Gasteiger partial charge in [-0.1, -0.05) is 6.07 Å². The molecule has 2 amide bonds. The second-order valence-electron chi connectivity index (χ2n) is 7.43. The fraction of sp³-hybridized carbons (Fsp3) is 0.600. The van der Waals surface area contributed by atoms with Gasteiger partial charge in [0.25, 0.3) is 5.91 Å². The third kappa shape index (κ3) is 5.05. The van der Waals surface area contributed by atoms with Crippen LogP contribution >= 0.6 is 0 Å². The Kier molecular flexibility index (Phi) is 6.27. The summed E-state index contributed by atoms with van der Waals surface area (Å²) in [7, 11) is 0. The van der Waals surface area contributed by atoms with Gasteiger partial charge in [0.2, 0.25) is 5.91 Å². The second kappa shape index (κ2) is 8.64. The van der Waals surface area contributed by atoms with Crippen LogP contribution in [0.25, 0.3) is 0 Å². The van der Waals surface area contributed by atoms with E-state index in [0.29, 0.717) is 17.8 Å². The van der Waals surface area contributed by atoms with Crippen molar-refractivity contribution in [1.82, 2.24) is 9.80 Å². The van der Waals surface area contributed by atoms with Crippen LogP contribution in [0, 0.1) is 0 Å². The fourth-order valence-electron chi connectivity index (χ4n) is 3.83. The van der Waals surface area contributed by atoms with Gasteiger partial charge in [0.15, 0.2) is 0 Å². The number of carbonyl (C=O) groups is 2. The van der Waals surface area contributed by atoms with Gasteiger partial charge >= 0.3 is 0 Å². The number of anilines is 1. The van der Waals surface area contributed by atoms with E-state index in [-0.39, 0.29) is 24.0 Å². The summed E-state index contributed by atoms with van der Waals surface area (Å²) in [6.45, 7) is 7.54. The Morgan fingerprint density at radius 1 is 1.12 bits per heavy atom. The predicted molar refractivity (Wildman–Crippen MR) is 101 cm³/mol. The summed E-state index contributed by atoms with van der Waals surface area (Å²) in [4.78, 5) is 29.0. The van der Waals surface area contributed by atoms with Crippen molar-refractivity contribution >= 4 is 17.5 Å². The number of hydrogen-bond acceptors (Lipinski definition) is 4. The number of piperidine rings is 1. The molecule has 1 aromatic carbocycles. The van der Waals surface area contributed by atoms with Gasteiger partial charge in [-0.2, -0.15) is 0 Å². The zero-order chi connectivity index (χ0) is 18.5. The second-order valence-corrected chi connectivity index (χ2v) is 7.43. The van der Waals surface area contributed by atoms with Gasteiger partial charge < -0.3 is 15.0 Å². The topological polar surface area (TPSA) is 61.9 Å². The predicted octanol–water partition coefficient (Wildman–Crippen LogP) is 2.36. The van der Waals surface area contributed by atoms with Crippen LogP contribution in [0.3, 0.4) is 0 Å². The molecule has 142 valence electrons. The van der Waals surface area contributed by atoms with E-state index in [1.165, 1.54) is 6.42 Å². The third-order valence-corrected chi connectivity index (χ3v) is 4.90. The quantitative estimate of drug-likeness (QED) is 0.896. The molecule has 1 N–H and O–H groups in total. The zero-order valence-corrected chi connectivity index (χ0v) is 15.7. The average Bonchev–Trinajstić information content (AvgIpc) is 2.61. The maximum Gasteiger partial charge on any atom is 0.253 e. The maximum absolute atomic E-state index is 12.6. The SMILES string of the molecule is C[C@H]1CN(CC(=O)Nc2cccc(C(=O)N3CCCCC3)c2)C[C@H](C)O1. The zero-order valence-electron chi connectivity index (χ0n) is 15.7. The van der Waals surface area contributed by atoms with Crippen molar-refractivity contribution < 1.29 is 14.3 Å². The highest BCUT2D eigenvalue weighted by atomic mass is 16.5. The first-order valence-corrected chi connectivity index (χ1v) is 9.58. The summed E-state index contributed by atoms with van der Waals surface area (Å²) in [5.41, 5.74) is 1.31. The van der Waals surface area contributed by atoms with Gasteiger partial charge in [-0.25, -0.2) is 0 Å². The molecule has 1 aromatic rings. The van der Waals surface area contributed by atoms with Crippen molar-refractivity contribution in [2.45, 2.75) is 45.3 Å². The van der Waals surface area contributed by atoms with Gasteiger partial charge in [0.1, 0.15) is 0 Å². The number of likely N-dealkylation sites (tertiary alicyclic amines) is 1. The molecule has 6 nitrogen and oxygen atoms in total. The highest BCUT2D eigenvalue weighted by molar-refractivity contribution is 5.97. The Balaban J connectivity index is 1.57. The summed E-state index contributed by atoms with van der Waals surface area (Å²) < 4.78 is 5.70. The van der Waals surface area contributed by atoms with Gasteiger partial charge in [-0.3, -0.25) is 14.5 Å². The number of carbonyl (C=O) groups excluding carboxylic acids is 2. The molecular weight excluding hydrogens is 330 g/mol. The molecule has 2 heterocycles. The molecule has 2 saturated heterocycles. The van der Waals surface area contributed by atoms with Crippen molar-refractivity contribution in [2.24, 2.45) is 0 Å². The average molecular weight is 359 g/mol. The number of nitrogens with zero attached hydrogens (tertiary/aromatic N) is 2. The number of nitrogens with one attached hydrogen (secondary N) is 1. The molecule has 0 radical (unpaired) electrons. The highest BCUT2D eigenvalue weighted by Crippen LogP contribution is 2.17. The van der Waals surface area contributed by atoms with Crippen LogP contribution in [0.4, 0.5) is 5.69 Å². The summed E-state index contributed by atoms with van der Waals surface area (Å²) in [5, 5.41) is 2.92. The number of hydrogen-bond donors (Lipinski definition) is 1. The van der Waals surface area contributed by atoms with Gasteiger partial charge in [-0.15, -0.1) is 0 Å². The molecular formula is C20H29N3O3. The number of ether oxygens (including phenoxy) is 1. The Labute approximate surface area is 155 Å². The summed E-state index contributed by atoms with van der Waals surface area (Å²) in [6.07, 6.45) is 3.60. The van der Waals surface area contributed by atoms with Gasteiger partial charge in [0, 0.05) is 37.4 Å². The van der Waals surface area contributed by atoms with Gasteiger partial charge in [0.05, 0.1) is 18.8 Å². The van der Waals surface area contributed by atoms with E-state index in [2.05, 4.69) is 10.2 Å².